The van der Waals surface area contributed by atoms with Gasteiger partial charge in [-0.2, -0.15) is 13.2 Å². The summed E-state index contributed by atoms with van der Waals surface area (Å²) in [5.74, 6) is 0.346. The summed E-state index contributed by atoms with van der Waals surface area (Å²) in [6.45, 7) is 5.63. The van der Waals surface area contributed by atoms with Gasteiger partial charge in [0.1, 0.15) is 11.2 Å². The maximum atomic E-state index is 12.5. The summed E-state index contributed by atoms with van der Waals surface area (Å²) in [6, 6.07) is 1.47. The molecule has 8 heteroatoms. The number of aromatic nitrogens is 2. The number of ether oxygens (including phenoxy) is 1. The van der Waals surface area contributed by atoms with Gasteiger partial charge in [0, 0.05) is 4.88 Å². The predicted octanol–water partition coefficient (Wildman–Crippen LogP) is 3.56. The zero-order valence-corrected chi connectivity index (χ0v) is 13.2. The Hall–Kier alpha value is -1.41. The Bertz CT molecular complexity index is 615. The second-order valence-electron chi connectivity index (χ2n) is 4.97. The van der Waals surface area contributed by atoms with Crippen LogP contribution in [-0.4, -0.2) is 35.3 Å². The second kappa shape index (κ2) is 7.23. The highest BCUT2D eigenvalue weighted by Crippen LogP contribution is 2.33. The van der Waals surface area contributed by atoms with Gasteiger partial charge in [-0.1, -0.05) is 6.92 Å². The summed E-state index contributed by atoms with van der Waals surface area (Å²) in [7, 11) is 0. The van der Waals surface area contributed by atoms with Gasteiger partial charge in [-0.15, -0.1) is 11.3 Å². The van der Waals surface area contributed by atoms with Gasteiger partial charge in [-0.05, 0) is 32.5 Å². The van der Waals surface area contributed by atoms with Gasteiger partial charge in [-0.3, -0.25) is 0 Å². The zero-order valence-electron chi connectivity index (χ0n) is 12.4. The molecule has 0 radical (unpaired) electrons. The van der Waals surface area contributed by atoms with Crippen molar-refractivity contribution < 1.29 is 17.9 Å². The van der Waals surface area contributed by atoms with Gasteiger partial charge in [0.2, 0.25) is 5.88 Å². The Kier molecular flexibility index (Phi) is 5.57. The number of hydrogen-bond donors (Lipinski definition) is 1. The molecule has 2 aromatic rings. The molecular weight excluding hydrogens is 315 g/mol. The number of hydrogen-bond acceptors (Lipinski definition) is 5. The molecule has 0 spiro atoms. The molecule has 0 aromatic carbocycles. The number of thiophene rings is 1. The third kappa shape index (κ3) is 4.81. The summed E-state index contributed by atoms with van der Waals surface area (Å²) in [5, 5.41) is 3.74. The van der Waals surface area contributed by atoms with Gasteiger partial charge in [-0.25, -0.2) is 9.97 Å². The number of alkyl halides is 3. The Morgan fingerprint density at radius 1 is 1.36 bits per heavy atom. The SMILES string of the molecule is CCNCCC(C)Oc1ncnc2sc(CC(F)(F)F)cc12. The normalized spacial score (nSPS) is 13.5. The van der Waals surface area contributed by atoms with E-state index in [1.54, 1.807) is 0 Å². The van der Waals surface area contributed by atoms with E-state index in [-0.39, 0.29) is 11.0 Å². The molecule has 2 aromatic heterocycles. The van der Waals surface area contributed by atoms with Crippen LogP contribution in [0.1, 0.15) is 25.1 Å². The molecule has 0 amide bonds. The number of fused-ring (bicyclic) bond motifs is 1. The van der Waals surface area contributed by atoms with Crippen molar-refractivity contribution in [2.24, 2.45) is 0 Å². The molecule has 1 unspecified atom stereocenters. The molecule has 0 bridgehead atoms. The molecule has 0 aliphatic carbocycles. The number of rotatable bonds is 7. The van der Waals surface area contributed by atoms with Crippen LogP contribution in [0, 0.1) is 0 Å². The minimum absolute atomic E-state index is 0.0804. The smallest absolute Gasteiger partial charge is 0.393 e. The lowest BCUT2D eigenvalue weighted by molar-refractivity contribution is -0.126. The van der Waals surface area contributed by atoms with E-state index in [2.05, 4.69) is 15.3 Å². The monoisotopic (exact) mass is 333 g/mol. The number of halogens is 3. The van der Waals surface area contributed by atoms with Crippen LogP contribution in [-0.2, 0) is 6.42 Å². The van der Waals surface area contributed by atoms with Crippen molar-refractivity contribution in [3.05, 3.63) is 17.3 Å². The minimum Gasteiger partial charge on any atom is -0.474 e. The average Bonchev–Trinajstić information content (AvgIpc) is 2.80. The first-order valence-corrected chi connectivity index (χ1v) is 7.88. The Morgan fingerprint density at radius 2 is 2.14 bits per heavy atom. The summed E-state index contributed by atoms with van der Waals surface area (Å²) >= 11 is 1.02. The third-order valence-corrected chi connectivity index (χ3v) is 4.05. The van der Waals surface area contributed by atoms with Crippen LogP contribution < -0.4 is 10.1 Å². The Balaban J connectivity index is 2.13. The lowest BCUT2D eigenvalue weighted by atomic mass is 10.2. The molecule has 2 heterocycles. The first-order chi connectivity index (χ1) is 10.4. The highest BCUT2D eigenvalue weighted by atomic mass is 32.1. The molecule has 122 valence electrons. The maximum Gasteiger partial charge on any atom is 0.393 e. The average molecular weight is 333 g/mol. The predicted molar refractivity (Wildman–Crippen MR) is 80.4 cm³/mol. The fraction of sp³-hybridized carbons (Fsp3) is 0.571. The van der Waals surface area contributed by atoms with Crippen LogP contribution in [0.15, 0.2) is 12.4 Å². The zero-order chi connectivity index (χ0) is 16.2. The van der Waals surface area contributed by atoms with Crippen LogP contribution in [0.3, 0.4) is 0 Å². The number of nitrogens with zero attached hydrogens (tertiary/aromatic N) is 2. The first kappa shape index (κ1) is 17.0. The van der Waals surface area contributed by atoms with Crippen molar-refractivity contribution in [1.82, 2.24) is 15.3 Å². The molecule has 0 aliphatic heterocycles. The van der Waals surface area contributed by atoms with E-state index in [9.17, 15) is 13.2 Å². The highest BCUT2D eigenvalue weighted by Gasteiger charge is 2.29. The van der Waals surface area contributed by atoms with Gasteiger partial charge in [0.05, 0.1) is 17.9 Å². The first-order valence-electron chi connectivity index (χ1n) is 7.06. The van der Waals surface area contributed by atoms with E-state index in [0.29, 0.717) is 16.1 Å². The molecule has 2 rings (SSSR count). The highest BCUT2D eigenvalue weighted by molar-refractivity contribution is 7.18. The van der Waals surface area contributed by atoms with Crippen LogP contribution in [0.25, 0.3) is 10.2 Å². The molecule has 22 heavy (non-hydrogen) atoms. The molecule has 1 atom stereocenters. The van der Waals surface area contributed by atoms with E-state index < -0.39 is 12.6 Å². The van der Waals surface area contributed by atoms with Gasteiger partial charge < -0.3 is 10.1 Å². The molecule has 0 saturated carbocycles. The van der Waals surface area contributed by atoms with Crippen molar-refractivity contribution >= 4 is 21.6 Å². The van der Waals surface area contributed by atoms with Crippen LogP contribution >= 0.6 is 11.3 Å². The Morgan fingerprint density at radius 3 is 2.82 bits per heavy atom. The van der Waals surface area contributed by atoms with Crippen molar-refractivity contribution in [2.75, 3.05) is 13.1 Å². The van der Waals surface area contributed by atoms with Gasteiger partial charge in [0.25, 0.3) is 0 Å². The van der Waals surface area contributed by atoms with Crippen molar-refractivity contribution in [3.8, 4) is 5.88 Å². The van der Waals surface area contributed by atoms with Crippen molar-refractivity contribution in [1.29, 1.82) is 0 Å². The fourth-order valence-corrected chi connectivity index (χ4v) is 3.01. The molecule has 4 nitrogen and oxygen atoms in total. The van der Waals surface area contributed by atoms with E-state index in [1.165, 1.54) is 12.4 Å². The van der Waals surface area contributed by atoms with Crippen LogP contribution in [0.4, 0.5) is 13.2 Å². The summed E-state index contributed by atoms with van der Waals surface area (Å²) < 4.78 is 43.2. The van der Waals surface area contributed by atoms with Gasteiger partial charge in [0.15, 0.2) is 0 Å². The Labute approximate surface area is 130 Å². The topological polar surface area (TPSA) is 47.0 Å². The molecule has 0 saturated heterocycles. The van der Waals surface area contributed by atoms with Gasteiger partial charge >= 0.3 is 6.18 Å². The summed E-state index contributed by atoms with van der Waals surface area (Å²) in [5.41, 5.74) is 0. The van der Waals surface area contributed by atoms with E-state index in [0.717, 1.165) is 30.8 Å². The van der Waals surface area contributed by atoms with Crippen LogP contribution in [0.2, 0.25) is 0 Å². The van der Waals surface area contributed by atoms with E-state index >= 15 is 0 Å². The molecule has 0 fully saturated rings. The van der Waals surface area contributed by atoms with Crippen molar-refractivity contribution in [3.63, 3.8) is 0 Å². The summed E-state index contributed by atoms with van der Waals surface area (Å²) in [6.07, 6.45) is -3.15. The summed E-state index contributed by atoms with van der Waals surface area (Å²) in [4.78, 5) is 8.81. The molecule has 1 N–H and O–H groups in total. The second-order valence-corrected chi connectivity index (χ2v) is 6.09. The molecular formula is C14H18F3N3OS. The van der Waals surface area contributed by atoms with Crippen molar-refractivity contribution in [2.45, 2.75) is 39.0 Å². The number of nitrogens with one attached hydrogen (secondary N) is 1. The van der Waals surface area contributed by atoms with E-state index in [4.69, 9.17) is 4.74 Å². The largest absolute Gasteiger partial charge is 0.474 e. The molecule has 0 aliphatic rings. The fourth-order valence-electron chi connectivity index (χ4n) is 1.99. The van der Waals surface area contributed by atoms with Crippen LogP contribution in [0.5, 0.6) is 5.88 Å². The van der Waals surface area contributed by atoms with E-state index in [1.807, 2.05) is 13.8 Å². The lowest BCUT2D eigenvalue weighted by Gasteiger charge is -2.14. The third-order valence-electron chi connectivity index (χ3n) is 3.01. The standard InChI is InChI=1S/C14H18F3N3OS/c1-3-18-5-4-9(2)21-12-11-6-10(7-14(15,16)17)22-13(11)20-8-19-12/h6,8-9,18H,3-5,7H2,1-2H3. The lowest BCUT2D eigenvalue weighted by Crippen LogP contribution is -2.22. The minimum atomic E-state index is -4.23. The maximum absolute atomic E-state index is 12.5. The quantitative estimate of drug-likeness (QED) is 0.787.